The maximum Gasteiger partial charge on any atom is 0.276 e. The first-order valence-corrected chi connectivity index (χ1v) is 6.90. The number of rotatable bonds is 4. The lowest BCUT2D eigenvalue weighted by molar-refractivity contribution is 0.0649. The lowest BCUT2D eigenvalue weighted by Crippen LogP contribution is -2.40. The first-order chi connectivity index (χ1) is 9.17. The van der Waals surface area contributed by atoms with Crippen LogP contribution in [0.5, 0.6) is 0 Å². The van der Waals surface area contributed by atoms with Gasteiger partial charge in [-0.3, -0.25) is 9.89 Å². The number of aromatic nitrogens is 2. The van der Waals surface area contributed by atoms with Crippen LogP contribution in [-0.2, 0) is 6.42 Å². The van der Waals surface area contributed by atoms with Crippen LogP contribution in [0.2, 0.25) is 0 Å². The average Bonchev–Trinajstić information content (AvgIpc) is 2.80. The first kappa shape index (κ1) is 13.9. The number of piperidine rings is 1. The number of nitrogens with two attached hydrogens (primary N) is 1. The third-order valence-corrected chi connectivity index (χ3v) is 3.78. The molecule has 1 aliphatic rings. The topological polar surface area (TPSA) is 95.2 Å². The molecule has 6 heteroatoms. The third-order valence-electron chi connectivity index (χ3n) is 3.78. The van der Waals surface area contributed by atoms with Gasteiger partial charge in [0, 0.05) is 19.7 Å². The summed E-state index contributed by atoms with van der Waals surface area (Å²) in [5.74, 6) is 0.282. The first-order valence-electron chi connectivity index (χ1n) is 6.90. The van der Waals surface area contributed by atoms with E-state index in [1.807, 2.05) is 6.92 Å². The van der Waals surface area contributed by atoms with Crippen molar-refractivity contribution in [2.75, 3.05) is 25.4 Å². The molecule has 0 aliphatic carbocycles. The number of aliphatic hydroxyl groups is 1. The number of carbonyl (C=O) groups excluding carboxylic acids is 1. The number of aliphatic hydroxyl groups excluding tert-OH is 1. The molecule has 1 saturated heterocycles. The number of amides is 1. The van der Waals surface area contributed by atoms with Gasteiger partial charge in [0.1, 0.15) is 0 Å². The van der Waals surface area contributed by atoms with E-state index in [1.54, 1.807) is 4.90 Å². The molecule has 0 radical (unpaired) electrons. The van der Waals surface area contributed by atoms with Crippen LogP contribution in [-0.4, -0.2) is 45.8 Å². The Hall–Kier alpha value is -1.56. The average molecular weight is 266 g/mol. The standard InChI is InChI=1S/C13H22N4O2/c1-2-10-11(14)12(16-15-10)13(19)17-6-3-4-9(8-17)5-7-18/h9,18H,2-8,14H2,1H3,(H,15,16). The van der Waals surface area contributed by atoms with Crippen molar-refractivity contribution in [3.63, 3.8) is 0 Å². The van der Waals surface area contributed by atoms with Crippen molar-refractivity contribution in [1.29, 1.82) is 0 Å². The summed E-state index contributed by atoms with van der Waals surface area (Å²) in [6.45, 7) is 3.58. The minimum absolute atomic E-state index is 0.101. The van der Waals surface area contributed by atoms with E-state index in [0.717, 1.165) is 37.9 Å². The Labute approximate surface area is 113 Å². The number of hydrogen-bond acceptors (Lipinski definition) is 4. The minimum Gasteiger partial charge on any atom is -0.396 e. The highest BCUT2D eigenvalue weighted by Gasteiger charge is 2.27. The van der Waals surface area contributed by atoms with Crippen LogP contribution in [0.15, 0.2) is 0 Å². The molecule has 4 N–H and O–H groups in total. The predicted molar refractivity (Wildman–Crippen MR) is 72.7 cm³/mol. The van der Waals surface area contributed by atoms with E-state index < -0.39 is 0 Å². The summed E-state index contributed by atoms with van der Waals surface area (Å²) in [5.41, 5.74) is 7.55. The number of anilines is 1. The van der Waals surface area contributed by atoms with Gasteiger partial charge in [-0.15, -0.1) is 0 Å². The van der Waals surface area contributed by atoms with Crippen LogP contribution in [0.1, 0.15) is 42.4 Å². The van der Waals surface area contributed by atoms with Crippen molar-refractivity contribution in [3.8, 4) is 0 Å². The van der Waals surface area contributed by atoms with Gasteiger partial charge >= 0.3 is 0 Å². The molecule has 0 spiro atoms. The summed E-state index contributed by atoms with van der Waals surface area (Å²) in [4.78, 5) is 14.2. The smallest absolute Gasteiger partial charge is 0.276 e. The number of nitrogens with zero attached hydrogens (tertiary/aromatic N) is 2. The second-order valence-corrected chi connectivity index (χ2v) is 5.09. The van der Waals surface area contributed by atoms with Crippen LogP contribution in [0.3, 0.4) is 0 Å². The molecule has 1 aromatic rings. The van der Waals surface area contributed by atoms with Gasteiger partial charge in [-0.1, -0.05) is 6.92 Å². The largest absolute Gasteiger partial charge is 0.396 e. The summed E-state index contributed by atoms with van der Waals surface area (Å²) in [6.07, 6.45) is 3.53. The van der Waals surface area contributed by atoms with Crippen LogP contribution in [0.4, 0.5) is 5.69 Å². The third kappa shape index (κ3) is 2.89. The fourth-order valence-corrected chi connectivity index (χ4v) is 2.64. The van der Waals surface area contributed by atoms with Crippen molar-refractivity contribution < 1.29 is 9.90 Å². The fourth-order valence-electron chi connectivity index (χ4n) is 2.64. The second kappa shape index (κ2) is 6.06. The Bertz CT molecular complexity index is 442. The van der Waals surface area contributed by atoms with Crippen molar-refractivity contribution in [2.45, 2.75) is 32.6 Å². The lowest BCUT2D eigenvalue weighted by Gasteiger charge is -2.32. The van der Waals surface area contributed by atoms with E-state index in [9.17, 15) is 4.79 Å². The fraction of sp³-hybridized carbons (Fsp3) is 0.692. The number of likely N-dealkylation sites (tertiary alicyclic amines) is 1. The SMILES string of the molecule is CCc1[nH]nc(C(=O)N2CCCC(CCO)C2)c1N. The number of hydrogen-bond donors (Lipinski definition) is 3. The zero-order valence-electron chi connectivity index (χ0n) is 11.4. The van der Waals surface area contributed by atoms with E-state index >= 15 is 0 Å². The van der Waals surface area contributed by atoms with Gasteiger partial charge in [-0.05, 0) is 31.6 Å². The van der Waals surface area contributed by atoms with Crippen molar-refractivity contribution in [3.05, 3.63) is 11.4 Å². The molecule has 0 bridgehead atoms. The van der Waals surface area contributed by atoms with E-state index in [4.69, 9.17) is 10.8 Å². The molecule has 1 unspecified atom stereocenters. The summed E-state index contributed by atoms with van der Waals surface area (Å²) in [7, 11) is 0. The van der Waals surface area contributed by atoms with E-state index in [1.165, 1.54) is 0 Å². The van der Waals surface area contributed by atoms with Gasteiger partial charge in [0.25, 0.3) is 5.91 Å². The highest BCUT2D eigenvalue weighted by atomic mass is 16.3. The van der Waals surface area contributed by atoms with Gasteiger partial charge < -0.3 is 15.7 Å². The number of nitrogens with one attached hydrogen (secondary N) is 1. The number of aromatic amines is 1. The number of aryl methyl sites for hydroxylation is 1. The molecule has 19 heavy (non-hydrogen) atoms. The molecule has 1 aromatic heterocycles. The zero-order chi connectivity index (χ0) is 13.8. The Morgan fingerprint density at radius 2 is 2.42 bits per heavy atom. The Morgan fingerprint density at radius 3 is 3.05 bits per heavy atom. The second-order valence-electron chi connectivity index (χ2n) is 5.09. The van der Waals surface area contributed by atoms with E-state index in [-0.39, 0.29) is 12.5 Å². The zero-order valence-corrected chi connectivity index (χ0v) is 11.4. The molecule has 1 atom stereocenters. The molecule has 1 amide bonds. The Morgan fingerprint density at radius 1 is 1.63 bits per heavy atom. The number of nitrogen functional groups attached to an aromatic ring is 1. The molecular weight excluding hydrogens is 244 g/mol. The molecule has 2 rings (SSSR count). The summed E-state index contributed by atoms with van der Waals surface area (Å²) < 4.78 is 0. The van der Waals surface area contributed by atoms with Crippen LogP contribution in [0.25, 0.3) is 0 Å². The van der Waals surface area contributed by atoms with Crippen LogP contribution in [0, 0.1) is 5.92 Å². The van der Waals surface area contributed by atoms with Gasteiger partial charge in [-0.25, -0.2) is 0 Å². The number of H-pyrrole nitrogens is 1. The van der Waals surface area contributed by atoms with Crippen LogP contribution < -0.4 is 5.73 Å². The molecule has 6 nitrogen and oxygen atoms in total. The monoisotopic (exact) mass is 266 g/mol. The molecule has 0 aromatic carbocycles. The minimum atomic E-state index is -0.101. The van der Waals surface area contributed by atoms with Crippen molar-refractivity contribution in [1.82, 2.24) is 15.1 Å². The molecule has 2 heterocycles. The van der Waals surface area contributed by atoms with E-state index in [0.29, 0.717) is 23.8 Å². The molecule has 1 aliphatic heterocycles. The summed E-state index contributed by atoms with van der Waals surface area (Å²) >= 11 is 0. The quantitative estimate of drug-likeness (QED) is 0.750. The molecule has 0 saturated carbocycles. The maximum atomic E-state index is 12.4. The van der Waals surface area contributed by atoms with E-state index in [2.05, 4.69) is 10.2 Å². The summed E-state index contributed by atoms with van der Waals surface area (Å²) in [6, 6.07) is 0. The Balaban J connectivity index is 2.08. The molecule has 106 valence electrons. The lowest BCUT2D eigenvalue weighted by atomic mass is 9.95. The molecular formula is C13H22N4O2. The predicted octanol–water partition coefficient (Wildman–Crippen LogP) is 0.789. The van der Waals surface area contributed by atoms with Gasteiger partial charge in [0.2, 0.25) is 0 Å². The van der Waals surface area contributed by atoms with Gasteiger partial charge in [-0.2, -0.15) is 5.10 Å². The normalized spacial score (nSPS) is 19.7. The van der Waals surface area contributed by atoms with Crippen molar-refractivity contribution in [2.24, 2.45) is 5.92 Å². The van der Waals surface area contributed by atoms with Crippen LogP contribution >= 0.6 is 0 Å². The van der Waals surface area contributed by atoms with Gasteiger partial charge in [0.15, 0.2) is 5.69 Å². The summed E-state index contributed by atoms with van der Waals surface area (Å²) in [5, 5.41) is 15.9. The highest BCUT2D eigenvalue weighted by molar-refractivity contribution is 5.97. The van der Waals surface area contributed by atoms with Gasteiger partial charge in [0.05, 0.1) is 11.4 Å². The van der Waals surface area contributed by atoms with Crippen molar-refractivity contribution >= 4 is 11.6 Å². The Kier molecular flexibility index (Phi) is 4.42. The number of carbonyl (C=O) groups is 1. The molecule has 1 fully saturated rings. The highest BCUT2D eigenvalue weighted by Crippen LogP contribution is 2.23. The maximum absolute atomic E-state index is 12.4.